The van der Waals surface area contributed by atoms with Crippen molar-refractivity contribution in [3.8, 4) is 45.4 Å². The minimum atomic E-state index is 0.629. The van der Waals surface area contributed by atoms with Crippen molar-refractivity contribution in [2.24, 2.45) is 0 Å². The molecule has 0 bridgehead atoms. The molecule has 1 aliphatic rings. The van der Waals surface area contributed by atoms with Crippen LogP contribution in [0.2, 0.25) is 0 Å². The predicted octanol–water partition coefficient (Wildman–Crippen LogP) is 6.31. The van der Waals surface area contributed by atoms with Gasteiger partial charge in [-0.3, -0.25) is 4.98 Å². The zero-order valence-electron chi connectivity index (χ0n) is 13.9. The first-order valence-corrected chi connectivity index (χ1v) is 8.47. The molecule has 3 nitrogen and oxygen atoms in total. The van der Waals surface area contributed by atoms with E-state index in [1.165, 1.54) is 0 Å². The summed E-state index contributed by atoms with van der Waals surface area (Å²) in [6.45, 7) is 0. The van der Waals surface area contributed by atoms with Crippen molar-refractivity contribution in [2.45, 2.75) is 0 Å². The van der Waals surface area contributed by atoms with Gasteiger partial charge in [0.15, 0.2) is 23.0 Å². The third-order valence-electron chi connectivity index (χ3n) is 4.39. The molecule has 1 aliphatic heterocycles. The molecule has 0 atom stereocenters. The molecular weight excluding hydrogens is 322 g/mol. The number of rotatable bonds is 2. The number of ether oxygens (including phenoxy) is 2. The van der Waals surface area contributed by atoms with Gasteiger partial charge in [0.05, 0.1) is 11.9 Å². The number of fused-ring (bicyclic) bond motifs is 2. The first-order chi connectivity index (χ1) is 12.9. The van der Waals surface area contributed by atoms with E-state index in [1.54, 1.807) is 6.20 Å². The third kappa shape index (κ3) is 2.60. The summed E-state index contributed by atoms with van der Waals surface area (Å²) in [4.78, 5) is 4.50. The third-order valence-corrected chi connectivity index (χ3v) is 4.39. The van der Waals surface area contributed by atoms with Gasteiger partial charge >= 0.3 is 0 Å². The first-order valence-electron chi connectivity index (χ1n) is 8.47. The Bertz CT molecular complexity index is 989. The molecule has 0 fully saturated rings. The van der Waals surface area contributed by atoms with Crippen molar-refractivity contribution in [2.75, 3.05) is 0 Å². The number of hydrogen-bond acceptors (Lipinski definition) is 3. The molecule has 5 rings (SSSR count). The molecule has 0 spiro atoms. The van der Waals surface area contributed by atoms with E-state index in [1.807, 2.05) is 72.8 Å². The fraction of sp³-hybridized carbons (Fsp3) is 0. The summed E-state index contributed by atoms with van der Waals surface area (Å²) in [6.07, 6.45) is 1.71. The molecule has 0 unspecified atom stereocenters. The largest absolute Gasteiger partial charge is 0.449 e. The zero-order valence-corrected chi connectivity index (χ0v) is 13.9. The number of aromatic nitrogens is 1. The van der Waals surface area contributed by atoms with Gasteiger partial charge in [0.25, 0.3) is 0 Å². The summed E-state index contributed by atoms with van der Waals surface area (Å²) in [5.74, 6) is 2.72. The lowest BCUT2D eigenvalue weighted by molar-refractivity contribution is 0.358. The Morgan fingerprint density at radius 2 is 1.15 bits per heavy atom. The number of hydrogen-bond donors (Lipinski definition) is 0. The van der Waals surface area contributed by atoms with E-state index < -0.39 is 0 Å². The zero-order chi connectivity index (χ0) is 17.3. The van der Waals surface area contributed by atoms with Crippen molar-refractivity contribution in [1.82, 2.24) is 4.98 Å². The van der Waals surface area contributed by atoms with Crippen molar-refractivity contribution >= 4 is 0 Å². The topological polar surface area (TPSA) is 31.4 Å². The van der Waals surface area contributed by atoms with Crippen LogP contribution in [0, 0.1) is 0 Å². The van der Waals surface area contributed by atoms with E-state index >= 15 is 0 Å². The second-order valence-corrected chi connectivity index (χ2v) is 6.11. The maximum atomic E-state index is 6.14. The smallest absolute Gasteiger partial charge is 0.188 e. The van der Waals surface area contributed by atoms with E-state index in [4.69, 9.17) is 9.47 Å². The van der Waals surface area contributed by atoms with Crippen LogP contribution in [0.5, 0.6) is 23.0 Å². The van der Waals surface area contributed by atoms with E-state index in [0.717, 1.165) is 22.4 Å². The van der Waals surface area contributed by atoms with Gasteiger partial charge < -0.3 is 9.47 Å². The Balaban J connectivity index is 1.52. The summed E-state index contributed by atoms with van der Waals surface area (Å²) >= 11 is 0. The Labute approximate surface area is 151 Å². The molecular formula is C23H15NO2. The molecule has 0 N–H and O–H groups in total. The van der Waals surface area contributed by atoms with E-state index in [2.05, 4.69) is 17.1 Å². The van der Waals surface area contributed by atoms with Crippen LogP contribution in [-0.4, -0.2) is 4.98 Å². The molecule has 2 heterocycles. The summed E-state index contributed by atoms with van der Waals surface area (Å²) in [5, 5.41) is 0. The summed E-state index contributed by atoms with van der Waals surface area (Å²) in [5.41, 5.74) is 4.14. The van der Waals surface area contributed by atoms with Crippen LogP contribution in [0.1, 0.15) is 0 Å². The lowest BCUT2D eigenvalue weighted by Crippen LogP contribution is -2.00. The van der Waals surface area contributed by atoms with Crippen molar-refractivity contribution in [3.05, 3.63) is 91.1 Å². The Morgan fingerprint density at radius 3 is 1.92 bits per heavy atom. The maximum absolute atomic E-state index is 6.14. The highest BCUT2D eigenvalue weighted by atomic mass is 16.6. The van der Waals surface area contributed by atoms with Crippen LogP contribution in [0.3, 0.4) is 0 Å². The second-order valence-electron chi connectivity index (χ2n) is 6.11. The summed E-state index contributed by atoms with van der Waals surface area (Å²) < 4.78 is 12.1. The molecule has 0 saturated heterocycles. The Hall–Kier alpha value is -3.59. The molecule has 3 aromatic carbocycles. The summed E-state index contributed by atoms with van der Waals surface area (Å²) in [7, 11) is 0. The fourth-order valence-corrected chi connectivity index (χ4v) is 3.07. The predicted molar refractivity (Wildman–Crippen MR) is 102 cm³/mol. The minimum absolute atomic E-state index is 0.629. The monoisotopic (exact) mass is 337 g/mol. The fourth-order valence-electron chi connectivity index (χ4n) is 3.07. The molecule has 0 aliphatic carbocycles. The number of benzene rings is 3. The van der Waals surface area contributed by atoms with Gasteiger partial charge in [0.2, 0.25) is 0 Å². The molecule has 0 amide bonds. The first kappa shape index (κ1) is 14.7. The number of nitrogens with zero attached hydrogens (tertiary/aromatic N) is 1. The van der Waals surface area contributed by atoms with Crippen LogP contribution in [0.15, 0.2) is 91.1 Å². The number of pyridine rings is 1. The molecule has 4 aromatic rings. The summed E-state index contributed by atoms with van der Waals surface area (Å²) in [6, 6.07) is 28.2. The lowest BCUT2D eigenvalue weighted by Gasteiger charge is -2.21. The van der Waals surface area contributed by atoms with Crippen molar-refractivity contribution < 1.29 is 9.47 Å². The van der Waals surface area contributed by atoms with Gasteiger partial charge in [0, 0.05) is 11.6 Å². The van der Waals surface area contributed by atoms with Crippen LogP contribution in [0.25, 0.3) is 22.4 Å². The van der Waals surface area contributed by atoms with Crippen LogP contribution < -0.4 is 9.47 Å². The standard InChI is InChI=1S/C23H15NO2/c1-3-7-16(8-4-1)18-11-12-20-21(13-18)26-22-14-19(24-15-23(22)25-20)17-9-5-2-6-10-17/h1-15H. The van der Waals surface area contributed by atoms with Crippen LogP contribution in [-0.2, 0) is 0 Å². The van der Waals surface area contributed by atoms with Gasteiger partial charge in [-0.25, -0.2) is 0 Å². The van der Waals surface area contributed by atoms with E-state index in [9.17, 15) is 0 Å². The van der Waals surface area contributed by atoms with Crippen LogP contribution >= 0.6 is 0 Å². The Morgan fingerprint density at radius 1 is 0.500 bits per heavy atom. The van der Waals surface area contributed by atoms with E-state index in [0.29, 0.717) is 23.0 Å². The highest BCUT2D eigenvalue weighted by Crippen LogP contribution is 2.47. The highest BCUT2D eigenvalue weighted by molar-refractivity contribution is 5.70. The van der Waals surface area contributed by atoms with Crippen molar-refractivity contribution in [1.29, 1.82) is 0 Å². The SMILES string of the molecule is c1ccc(-c2ccc3c(c2)Oc2cc(-c4ccccc4)ncc2O3)cc1. The van der Waals surface area contributed by atoms with Crippen molar-refractivity contribution in [3.63, 3.8) is 0 Å². The average molecular weight is 337 g/mol. The molecule has 1 aromatic heterocycles. The second kappa shape index (κ2) is 6.05. The van der Waals surface area contributed by atoms with E-state index in [-0.39, 0.29) is 0 Å². The molecule has 0 radical (unpaired) electrons. The highest BCUT2D eigenvalue weighted by Gasteiger charge is 2.20. The Kier molecular flexibility index (Phi) is 3.42. The van der Waals surface area contributed by atoms with Gasteiger partial charge in [-0.05, 0) is 23.3 Å². The molecule has 3 heteroatoms. The van der Waals surface area contributed by atoms with Gasteiger partial charge in [-0.2, -0.15) is 0 Å². The molecule has 0 saturated carbocycles. The molecule has 124 valence electrons. The van der Waals surface area contributed by atoms with Gasteiger partial charge in [-0.15, -0.1) is 0 Å². The molecule has 26 heavy (non-hydrogen) atoms. The maximum Gasteiger partial charge on any atom is 0.188 e. The average Bonchev–Trinajstić information content (AvgIpc) is 2.73. The normalized spacial score (nSPS) is 11.7. The van der Waals surface area contributed by atoms with Gasteiger partial charge in [-0.1, -0.05) is 66.7 Å². The lowest BCUT2D eigenvalue weighted by atomic mass is 10.1. The quantitative estimate of drug-likeness (QED) is 0.378. The minimum Gasteiger partial charge on any atom is -0.449 e. The van der Waals surface area contributed by atoms with Crippen LogP contribution in [0.4, 0.5) is 0 Å². The van der Waals surface area contributed by atoms with Gasteiger partial charge in [0.1, 0.15) is 0 Å².